The Morgan fingerprint density at radius 3 is 2.82 bits per heavy atom. The lowest BCUT2D eigenvalue weighted by molar-refractivity contribution is 0.331. The third-order valence-electron chi connectivity index (χ3n) is 4.35. The van der Waals surface area contributed by atoms with Gasteiger partial charge in [-0.05, 0) is 56.5 Å². The third kappa shape index (κ3) is 2.00. The van der Waals surface area contributed by atoms with Crippen molar-refractivity contribution < 1.29 is 5.11 Å². The Balaban J connectivity index is 0.00000108. The van der Waals surface area contributed by atoms with Crippen molar-refractivity contribution in [3.8, 4) is 5.75 Å². The molecule has 1 heterocycles. The smallest absolute Gasteiger partial charge is 0.119 e. The van der Waals surface area contributed by atoms with Crippen LogP contribution in [0.2, 0.25) is 0 Å². The maximum absolute atomic E-state index is 9.95. The molecule has 1 saturated heterocycles. The lowest BCUT2D eigenvalue weighted by Gasteiger charge is -2.36. The second-order valence-electron chi connectivity index (χ2n) is 5.42. The summed E-state index contributed by atoms with van der Waals surface area (Å²) in [6.07, 6.45) is 4.81. The normalized spacial score (nSPS) is 27.8. The summed E-state index contributed by atoms with van der Waals surface area (Å²) in [5.41, 5.74) is 2.97. The van der Waals surface area contributed by atoms with Gasteiger partial charge in [0.25, 0.3) is 0 Å². The first kappa shape index (κ1) is 12.9. The standard InChI is InChI=1S/C14H19NO.BrH/c1-15-9-8-14(10-15)7-3-4-11-12(14)5-2-6-13(11)16;/h2,5-6,16H,3-4,7-10H2,1H3;1H. The molecule has 0 saturated carbocycles. The Bertz CT molecular complexity index is 421. The maximum atomic E-state index is 9.95. The summed E-state index contributed by atoms with van der Waals surface area (Å²) < 4.78 is 0. The van der Waals surface area contributed by atoms with Crippen LogP contribution in [-0.4, -0.2) is 30.1 Å². The number of fused-ring (bicyclic) bond motifs is 2. The van der Waals surface area contributed by atoms with Gasteiger partial charge < -0.3 is 10.0 Å². The molecule has 0 bridgehead atoms. The van der Waals surface area contributed by atoms with Crippen molar-refractivity contribution in [1.29, 1.82) is 0 Å². The minimum Gasteiger partial charge on any atom is -0.508 e. The van der Waals surface area contributed by atoms with Gasteiger partial charge in [-0.15, -0.1) is 17.0 Å². The quantitative estimate of drug-likeness (QED) is 0.796. The molecule has 1 aromatic carbocycles. The van der Waals surface area contributed by atoms with Gasteiger partial charge in [0.1, 0.15) is 5.75 Å². The molecule has 2 nitrogen and oxygen atoms in total. The van der Waals surface area contributed by atoms with Gasteiger partial charge in [-0.25, -0.2) is 0 Å². The molecule has 0 radical (unpaired) electrons. The summed E-state index contributed by atoms with van der Waals surface area (Å²) in [5, 5.41) is 9.95. The molecular weight excluding hydrogens is 278 g/mol. The highest BCUT2D eigenvalue weighted by Gasteiger charge is 2.41. The second kappa shape index (κ2) is 4.62. The van der Waals surface area contributed by atoms with Crippen LogP contribution in [0.25, 0.3) is 0 Å². The first-order valence-corrected chi connectivity index (χ1v) is 6.21. The monoisotopic (exact) mass is 297 g/mol. The van der Waals surface area contributed by atoms with Crippen molar-refractivity contribution in [1.82, 2.24) is 4.90 Å². The van der Waals surface area contributed by atoms with E-state index in [2.05, 4.69) is 18.0 Å². The summed E-state index contributed by atoms with van der Waals surface area (Å²) in [6, 6.07) is 6.06. The van der Waals surface area contributed by atoms with Crippen LogP contribution in [0.4, 0.5) is 0 Å². The van der Waals surface area contributed by atoms with E-state index in [1.807, 2.05) is 12.1 Å². The van der Waals surface area contributed by atoms with Crippen LogP contribution < -0.4 is 0 Å². The molecule has 1 aliphatic heterocycles. The fourth-order valence-electron chi connectivity index (χ4n) is 3.58. The van der Waals surface area contributed by atoms with Crippen LogP contribution in [0.5, 0.6) is 5.75 Å². The van der Waals surface area contributed by atoms with Gasteiger partial charge in [-0.3, -0.25) is 0 Å². The minimum absolute atomic E-state index is 0. The van der Waals surface area contributed by atoms with Gasteiger partial charge in [-0.1, -0.05) is 12.1 Å². The number of hydrogen-bond donors (Lipinski definition) is 1. The highest BCUT2D eigenvalue weighted by Crippen LogP contribution is 2.45. The number of rotatable bonds is 0. The molecule has 1 atom stereocenters. The molecule has 0 amide bonds. The van der Waals surface area contributed by atoms with E-state index in [1.165, 1.54) is 36.9 Å². The van der Waals surface area contributed by atoms with E-state index in [9.17, 15) is 5.11 Å². The van der Waals surface area contributed by atoms with Crippen molar-refractivity contribution in [2.24, 2.45) is 0 Å². The molecule has 1 fully saturated rings. The van der Waals surface area contributed by atoms with Crippen molar-refractivity contribution in [3.05, 3.63) is 29.3 Å². The van der Waals surface area contributed by atoms with Gasteiger partial charge in [0.15, 0.2) is 0 Å². The predicted octanol–water partition coefficient (Wildman–Crippen LogP) is 2.88. The van der Waals surface area contributed by atoms with Crippen LogP contribution in [0.3, 0.4) is 0 Å². The molecule has 1 aromatic rings. The molecule has 1 unspecified atom stereocenters. The van der Waals surface area contributed by atoms with Crippen molar-refractivity contribution in [2.45, 2.75) is 31.1 Å². The zero-order chi connectivity index (χ0) is 11.2. The largest absolute Gasteiger partial charge is 0.508 e. The molecule has 1 aliphatic carbocycles. The van der Waals surface area contributed by atoms with Crippen LogP contribution in [0.15, 0.2) is 18.2 Å². The summed E-state index contributed by atoms with van der Waals surface area (Å²) >= 11 is 0. The summed E-state index contributed by atoms with van der Waals surface area (Å²) in [6.45, 7) is 2.35. The highest BCUT2D eigenvalue weighted by molar-refractivity contribution is 8.93. The molecule has 2 aliphatic rings. The lowest BCUT2D eigenvalue weighted by Crippen LogP contribution is -2.33. The maximum Gasteiger partial charge on any atom is 0.119 e. The minimum atomic E-state index is 0. The van der Waals surface area contributed by atoms with Gasteiger partial charge in [0, 0.05) is 12.0 Å². The fourth-order valence-corrected chi connectivity index (χ4v) is 3.58. The van der Waals surface area contributed by atoms with Gasteiger partial charge in [-0.2, -0.15) is 0 Å². The Morgan fingerprint density at radius 2 is 2.12 bits per heavy atom. The zero-order valence-corrected chi connectivity index (χ0v) is 12.0. The molecular formula is C14H20BrNO. The molecule has 17 heavy (non-hydrogen) atoms. The van der Waals surface area contributed by atoms with Crippen molar-refractivity contribution in [3.63, 3.8) is 0 Å². The Hall–Kier alpha value is -0.540. The molecule has 1 N–H and O–H groups in total. The molecule has 1 spiro atoms. The zero-order valence-electron chi connectivity index (χ0n) is 10.3. The Morgan fingerprint density at radius 1 is 1.29 bits per heavy atom. The molecule has 3 heteroatoms. The fraction of sp³-hybridized carbons (Fsp3) is 0.571. The van der Waals surface area contributed by atoms with E-state index in [4.69, 9.17) is 0 Å². The number of likely N-dealkylation sites (N-methyl/N-ethyl adjacent to an activating group) is 1. The number of halogens is 1. The molecule has 0 aromatic heterocycles. The average Bonchev–Trinajstić information content (AvgIpc) is 2.63. The number of likely N-dealkylation sites (tertiary alicyclic amines) is 1. The predicted molar refractivity (Wildman–Crippen MR) is 75.2 cm³/mol. The van der Waals surface area contributed by atoms with E-state index < -0.39 is 0 Å². The number of phenolic OH excluding ortho intramolecular Hbond substituents is 1. The number of nitrogens with zero attached hydrogens (tertiary/aromatic N) is 1. The topological polar surface area (TPSA) is 23.5 Å². The van der Waals surface area contributed by atoms with E-state index in [-0.39, 0.29) is 17.0 Å². The van der Waals surface area contributed by atoms with Gasteiger partial charge in [0.05, 0.1) is 0 Å². The van der Waals surface area contributed by atoms with E-state index in [1.54, 1.807) is 0 Å². The summed E-state index contributed by atoms with van der Waals surface area (Å²) in [4.78, 5) is 2.42. The lowest BCUT2D eigenvalue weighted by atomic mass is 9.69. The van der Waals surface area contributed by atoms with Crippen molar-refractivity contribution >= 4 is 17.0 Å². The number of benzene rings is 1. The van der Waals surface area contributed by atoms with E-state index >= 15 is 0 Å². The van der Waals surface area contributed by atoms with E-state index in [0.29, 0.717) is 11.2 Å². The number of aromatic hydroxyl groups is 1. The van der Waals surface area contributed by atoms with Crippen molar-refractivity contribution in [2.75, 3.05) is 20.1 Å². The molecule has 94 valence electrons. The number of phenols is 1. The average molecular weight is 298 g/mol. The Kier molecular flexibility index (Phi) is 3.50. The number of hydrogen-bond acceptors (Lipinski definition) is 2. The molecule has 3 rings (SSSR count). The van der Waals surface area contributed by atoms with Crippen LogP contribution >= 0.6 is 17.0 Å². The SMILES string of the molecule is Br.CN1CCC2(CCCc3c(O)cccc32)C1. The first-order valence-electron chi connectivity index (χ1n) is 6.21. The van der Waals surface area contributed by atoms with Crippen LogP contribution in [0.1, 0.15) is 30.4 Å². The second-order valence-corrected chi connectivity index (χ2v) is 5.42. The van der Waals surface area contributed by atoms with Gasteiger partial charge in [0.2, 0.25) is 0 Å². The van der Waals surface area contributed by atoms with E-state index in [0.717, 1.165) is 13.0 Å². The first-order chi connectivity index (χ1) is 7.71. The Labute approximate surface area is 113 Å². The third-order valence-corrected chi connectivity index (χ3v) is 4.35. The summed E-state index contributed by atoms with van der Waals surface area (Å²) in [5.74, 6) is 0.506. The summed E-state index contributed by atoms with van der Waals surface area (Å²) in [7, 11) is 2.20. The van der Waals surface area contributed by atoms with Gasteiger partial charge >= 0.3 is 0 Å². The van der Waals surface area contributed by atoms with Crippen LogP contribution in [-0.2, 0) is 11.8 Å². The highest BCUT2D eigenvalue weighted by atomic mass is 79.9. The van der Waals surface area contributed by atoms with Crippen LogP contribution in [0, 0.1) is 0 Å².